The Labute approximate surface area is 106 Å². The molecule has 0 aliphatic carbocycles. The molecule has 0 fully saturated rings. The highest BCUT2D eigenvalue weighted by atomic mass is 32.1. The van der Waals surface area contributed by atoms with Crippen LogP contribution < -0.4 is 10.6 Å². The van der Waals surface area contributed by atoms with Crippen molar-refractivity contribution in [1.29, 1.82) is 0 Å². The Morgan fingerprint density at radius 3 is 3.00 bits per heavy atom. The molecule has 0 atom stereocenters. The number of hydrogen-bond acceptors (Lipinski definition) is 2. The van der Waals surface area contributed by atoms with Gasteiger partial charge in [0, 0.05) is 18.1 Å². The summed E-state index contributed by atoms with van der Waals surface area (Å²) < 4.78 is 0. The lowest BCUT2D eigenvalue weighted by atomic mass is 10.2. The van der Waals surface area contributed by atoms with Gasteiger partial charge in [0.1, 0.15) is 0 Å². The summed E-state index contributed by atoms with van der Waals surface area (Å²) in [4.78, 5) is 4.34. The van der Waals surface area contributed by atoms with E-state index in [0.717, 1.165) is 16.6 Å². The third kappa shape index (κ3) is 2.79. The van der Waals surface area contributed by atoms with Crippen molar-refractivity contribution in [3.63, 3.8) is 0 Å². The Morgan fingerprint density at radius 1 is 1.35 bits per heavy atom. The van der Waals surface area contributed by atoms with Gasteiger partial charge in [-0.25, -0.2) is 0 Å². The first kappa shape index (κ1) is 11.5. The number of thiocarbonyl (C=S) groups is 1. The molecule has 0 saturated carbocycles. The highest BCUT2D eigenvalue weighted by Gasteiger charge is 2.02. The van der Waals surface area contributed by atoms with Crippen LogP contribution in [0.15, 0.2) is 49.2 Å². The largest absolute Gasteiger partial charge is 0.359 e. The molecule has 0 saturated heterocycles. The highest BCUT2D eigenvalue weighted by molar-refractivity contribution is 7.80. The van der Waals surface area contributed by atoms with Gasteiger partial charge in [0.25, 0.3) is 0 Å². The zero-order chi connectivity index (χ0) is 12.1. The van der Waals surface area contributed by atoms with Crippen LogP contribution >= 0.6 is 12.2 Å². The fraction of sp³-hybridized carbons (Fsp3) is 0.0769. The number of fused-ring (bicyclic) bond motifs is 1. The lowest BCUT2D eigenvalue weighted by Gasteiger charge is -2.10. The van der Waals surface area contributed by atoms with Crippen LogP contribution in [0.3, 0.4) is 0 Å². The van der Waals surface area contributed by atoms with Crippen molar-refractivity contribution in [2.24, 2.45) is 0 Å². The number of rotatable bonds is 3. The second kappa shape index (κ2) is 5.41. The van der Waals surface area contributed by atoms with E-state index in [0.29, 0.717) is 11.7 Å². The molecule has 86 valence electrons. The standard InChI is InChI=1S/C13H13N3S/c1-2-8-15-13(17)16-11-7-3-5-10-6-4-9-14-12(10)11/h2-7,9H,1,8H2,(H2,15,16,17). The minimum atomic E-state index is 0.572. The Balaban J connectivity index is 2.23. The zero-order valence-corrected chi connectivity index (χ0v) is 10.1. The van der Waals surface area contributed by atoms with Crippen molar-refractivity contribution < 1.29 is 0 Å². The molecule has 2 N–H and O–H groups in total. The predicted molar refractivity (Wildman–Crippen MR) is 76.2 cm³/mol. The summed E-state index contributed by atoms with van der Waals surface area (Å²) in [6, 6.07) is 9.89. The van der Waals surface area contributed by atoms with Crippen molar-refractivity contribution in [2.45, 2.75) is 0 Å². The summed E-state index contributed by atoms with van der Waals surface area (Å²) >= 11 is 5.17. The summed E-state index contributed by atoms with van der Waals surface area (Å²) in [6.07, 6.45) is 3.53. The Hall–Kier alpha value is -1.94. The highest BCUT2D eigenvalue weighted by Crippen LogP contribution is 2.20. The van der Waals surface area contributed by atoms with E-state index < -0.39 is 0 Å². The normalized spacial score (nSPS) is 9.88. The van der Waals surface area contributed by atoms with Crippen LogP contribution in [0.5, 0.6) is 0 Å². The minimum Gasteiger partial charge on any atom is -0.359 e. The molecule has 2 aromatic rings. The molecular weight excluding hydrogens is 230 g/mol. The van der Waals surface area contributed by atoms with E-state index in [1.807, 2.05) is 30.3 Å². The molecule has 1 aromatic heterocycles. The van der Waals surface area contributed by atoms with Crippen LogP contribution in [0.4, 0.5) is 5.69 Å². The number of hydrogen-bond donors (Lipinski definition) is 2. The molecule has 3 nitrogen and oxygen atoms in total. The lowest BCUT2D eigenvalue weighted by molar-refractivity contribution is 1.06. The number of pyridine rings is 1. The SMILES string of the molecule is C=CCNC(=S)Nc1cccc2cccnc12. The van der Waals surface area contributed by atoms with Gasteiger partial charge >= 0.3 is 0 Å². The van der Waals surface area contributed by atoms with Crippen molar-refractivity contribution in [2.75, 3.05) is 11.9 Å². The van der Waals surface area contributed by atoms with Crippen LogP contribution in [-0.4, -0.2) is 16.6 Å². The van der Waals surface area contributed by atoms with E-state index in [1.165, 1.54) is 0 Å². The molecule has 0 aliphatic rings. The molecule has 0 aliphatic heterocycles. The van der Waals surface area contributed by atoms with Crippen molar-refractivity contribution in [1.82, 2.24) is 10.3 Å². The quantitative estimate of drug-likeness (QED) is 0.642. The second-order valence-corrected chi connectivity index (χ2v) is 3.91. The predicted octanol–water partition coefficient (Wildman–Crippen LogP) is 2.71. The average Bonchev–Trinajstić information content (AvgIpc) is 2.37. The molecule has 0 bridgehead atoms. The first-order valence-electron chi connectivity index (χ1n) is 5.31. The first-order valence-corrected chi connectivity index (χ1v) is 5.71. The van der Waals surface area contributed by atoms with E-state index >= 15 is 0 Å². The Morgan fingerprint density at radius 2 is 2.18 bits per heavy atom. The smallest absolute Gasteiger partial charge is 0.171 e. The maximum Gasteiger partial charge on any atom is 0.171 e. The monoisotopic (exact) mass is 243 g/mol. The fourth-order valence-electron chi connectivity index (χ4n) is 1.54. The van der Waals surface area contributed by atoms with Crippen LogP contribution in [-0.2, 0) is 0 Å². The van der Waals surface area contributed by atoms with E-state index in [2.05, 4.69) is 22.2 Å². The van der Waals surface area contributed by atoms with Gasteiger partial charge < -0.3 is 10.6 Å². The lowest BCUT2D eigenvalue weighted by Crippen LogP contribution is -2.28. The van der Waals surface area contributed by atoms with Gasteiger partial charge in [-0.1, -0.05) is 24.3 Å². The molecule has 2 rings (SSSR count). The number of nitrogens with zero attached hydrogens (tertiary/aromatic N) is 1. The number of nitrogens with one attached hydrogen (secondary N) is 2. The summed E-state index contributed by atoms with van der Waals surface area (Å²) in [7, 11) is 0. The van der Waals surface area contributed by atoms with Crippen molar-refractivity contribution in [3.05, 3.63) is 49.2 Å². The number of aromatic nitrogens is 1. The second-order valence-electron chi connectivity index (χ2n) is 3.50. The van der Waals surface area contributed by atoms with Gasteiger partial charge in [-0.15, -0.1) is 6.58 Å². The molecule has 0 unspecified atom stereocenters. The van der Waals surface area contributed by atoms with Gasteiger partial charge in [-0.2, -0.15) is 0 Å². The molecule has 0 radical (unpaired) electrons. The van der Waals surface area contributed by atoms with E-state index in [1.54, 1.807) is 12.3 Å². The molecule has 1 aromatic carbocycles. The van der Waals surface area contributed by atoms with Crippen LogP contribution in [0.25, 0.3) is 10.9 Å². The van der Waals surface area contributed by atoms with Crippen molar-refractivity contribution >= 4 is 33.9 Å². The topological polar surface area (TPSA) is 37.0 Å². The average molecular weight is 243 g/mol. The van der Waals surface area contributed by atoms with Gasteiger partial charge in [0.05, 0.1) is 11.2 Å². The van der Waals surface area contributed by atoms with E-state index in [-0.39, 0.29) is 0 Å². The molecule has 0 spiro atoms. The summed E-state index contributed by atoms with van der Waals surface area (Å²) in [5.74, 6) is 0. The third-order valence-corrected chi connectivity index (χ3v) is 2.53. The van der Waals surface area contributed by atoms with Gasteiger partial charge in [-0.3, -0.25) is 4.98 Å². The maximum absolute atomic E-state index is 5.17. The number of para-hydroxylation sites is 1. The summed E-state index contributed by atoms with van der Waals surface area (Å²) in [5.41, 5.74) is 1.82. The fourth-order valence-corrected chi connectivity index (χ4v) is 1.73. The molecule has 4 heteroatoms. The number of anilines is 1. The first-order chi connectivity index (χ1) is 8.31. The maximum atomic E-state index is 5.17. The molecule has 1 heterocycles. The summed E-state index contributed by atoms with van der Waals surface area (Å²) in [6.45, 7) is 4.27. The van der Waals surface area contributed by atoms with Crippen molar-refractivity contribution in [3.8, 4) is 0 Å². The molecular formula is C13H13N3S. The third-order valence-electron chi connectivity index (χ3n) is 2.29. The van der Waals surface area contributed by atoms with Gasteiger partial charge in [0.2, 0.25) is 0 Å². The van der Waals surface area contributed by atoms with Gasteiger partial charge in [0.15, 0.2) is 5.11 Å². The van der Waals surface area contributed by atoms with Crippen LogP contribution in [0.1, 0.15) is 0 Å². The van der Waals surface area contributed by atoms with Crippen LogP contribution in [0, 0.1) is 0 Å². The number of benzene rings is 1. The molecule has 17 heavy (non-hydrogen) atoms. The Bertz CT molecular complexity index is 546. The summed E-state index contributed by atoms with van der Waals surface area (Å²) in [5, 5.41) is 7.81. The van der Waals surface area contributed by atoms with Gasteiger partial charge in [-0.05, 0) is 24.4 Å². The van der Waals surface area contributed by atoms with E-state index in [4.69, 9.17) is 12.2 Å². The van der Waals surface area contributed by atoms with E-state index in [9.17, 15) is 0 Å². The molecule has 0 amide bonds. The zero-order valence-electron chi connectivity index (χ0n) is 9.31. The Kier molecular flexibility index (Phi) is 3.67. The van der Waals surface area contributed by atoms with Crippen LogP contribution in [0.2, 0.25) is 0 Å². The minimum absolute atomic E-state index is 0.572.